The summed E-state index contributed by atoms with van der Waals surface area (Å²) in [4.78, 5) is 0. The van der Waals surface area contributed by atoms with Crippen LogP contribution in [0.2, 0.25) is 5.02 Å². The lowest BCUT2D eigenvalue weighted by molar-refractivity contribution is 0.474. The van der Waals surface area contributed by atoms with Gasteiger partial charge in [-0.15, -0.1) is 0 Å². The monoisotopic (exact) mass is 342 g/mol. The number of halogens is 3. The number of rotatable bonds is 5. The summed E-state index contributed by atoms with van der Waals surface area (Å²) in [7, 11) is 0. The first-order valence-corrected chi connectivity index (χ1v) is 7.47. The molecule has 0 radical (unpaired) electrons. The molecule has 0 aliphatic carbocycles. The number of hydrogen-bond donors (Lipinski definition) is 0. The van der Waals surface area contributed by atoms with Crippen LogP contribution < -0.4 is 4.74 Å². The van der Waals surface area contributed by atoms with Gasteiger partial charge < -0.3 is 4.74 Å². The number of alkyl halides is 1. The highest BCUT2D eigenvalue weighted by molar-refractivity contribution is 9.09. The summed E-state index contributed by atoms with van der Waals surface area (Å²) >= 11 is 9.61. The van der Waals surface area contributed by atoms with E-state index in [4.69, 9.17) is 16.3 Å². The van der Waals surface area contributed by atoms with E-state index in [0.717, 1.165) is 29.5 Å². The summed E-state index contributed by atoms with van der Waals surface area (Å²) in [6.45, 7) is 0. The van der Waals surface area contributed by atoms with Crippen molar-refractivity contribution in [1.29, 1.82) is 0 Å². The van der Waals surface area contributed by atoms with Gasteiger partial charge in [0.2, 0.25) is 0 Å². The molecule has 2 aromatic carbocycles. The first kappa shape index (κ1) is 14.4. The topological polar surface area (TPSA) is 9.23 Å². The third-order valence-electron chi connectivity index (χ3n) is 2.68. The lowest BCUT2D eigenvalue weighted by Gasteiger charge is -2.12. The molecular formula is C15H13BrClFO. The molecule has 0 bridgehead atoms. The van der Waals surface area contributed by atoms with Crippen LogP contribution >= 0.6 is 27.5 Å². The van der Waals surface area contributed by atoms with Gasteiger partial charge in [-0.05, 0) is 49.2 Å². The predicted molar refractivity (Wildman–Crippen MR) is 80.0 cm³/mol. The molecule has 0 amide bonds. The van der Waals surface area contributed by atoms with Crippen LogP contribution in [0, 0.1) is 5.82 Å². The summed E-state index contributed by atoms with van der Waals surface area (Å²) in [5, 5.41) is 1.61. The van der Waals surface area contributed by atoms with E-state index in [1.807, 2.05) is 18.2 Å². The van der Waals surface area contributed by atoms with Gasteiger partial charge in [-0.2, -0.15) is 0 Å². The Morgan fingerprint density at radius 1 is 1.11 bits per heavy atom. The van der Waals surface area contributed by atoms with Gasteiger partial charge >= 0.3 is 0 Å². The molecule has 19 heavy (non-hydrogen) atoms. The summed E-state index contributed by atoms with van der Waals surface area (Å²) in [5.41, 5.74) is 0.980. The molecule has 2 rings (SSSR count). The second-order valence-electron chi connectivity index (χ2n) is 4.07. The average Bonchev–Trinajstić information content (AvgIpc) is 2.41. The molecule has 100 valence electrons. The Morgan fingerprint density at radius 2 is 1.84 bits per heavy atom. The van der Waals surface area contributed by atoms with Crippen molar-refractivity contribution in [2.24, 2.45) is 0 Å². The van der Waals surface area contributed by atoms with E-state index < -0.39 is 0 Å². The number of ether oxygens (including phenoxy) is 1. The zero-order valence-corrected chi connectivity index (χ0v) is 12.5. The van der Waals surface area contributed by atoms with Gasteiger partial charge in [0.1, 0.15) is 17.3 Å². The molecule has 0 atom stereocenters. The van der Waals surface area contributed by atoms with E-state index in [1.54, 1.807) is 12.1 Å². The van der Waals surface area contributed by atoms with Gasteiger partial charge in [0.15, 0.2) is 0 Å². The highest BCUT2D eigenvalue weighted by Gasteiger charge is 2.09. The molecule has 0 spiro atoms. The van der Waals surface area contributed by atoms with Crippen molar-refractivity contribution in [3.8, 4) is 11.5 Å². The minimum Gasteiger partial charge on any atom is -0.457 e. The zero-order valence-electron chi connectivity index (χ0n) is 10.2. The first-order valence-electron chi connectivity index (χ1n) is 5.97. The molecule has 0 heterocycles. The molecule has 4 heteroatoms. The largest absolute Gasteiger partial charge is 0.457 e. The smallest absolute Gasteiger partial charge is 0.132 e. The minimum atomic E-state index is -0.280. The molecule has 0 unspecified atom stereocenters. The van der Waals surface area contributed by atoms with Crippen LogP contribution in [-0.2, 0) is 6.42 Å². The fourth-order valence-electron chi connectivity index (χ4n) is 1.75. The second-order valence-corrected chi connectivity index (χ2v) is 5.27. The predicted octanol–water partition coefficient (Wildman–Crippen LogP) is 5.60. The van der Waals surface area contributed by atoms with Gasteiger partial charge in [-0.25, -0.2) is 4.39 Å². The normalized spacial score (nSPS) is 10.5. The van der Waals surface area contributed by atoms with E-state index in [9.17, 15) is 4.39 Å². The Balaban J connectivity index is 2.23. The summed E-state index contributed by atoms with van der Waals surface area (Å²) < 4.78 is 18.6. The second kappa shape index (κ2) is 6.92. The van der Waals surface area contributed by atoms with Gasteiger partial charge in [0, 0.05) is 15.9 Å². The fourth-order valence-corrected chi connectivity index (χ4v) is 2.29. The van der Waals surface area contributed by atoms with Crippen molar-refractivity contribution in [1.82, 2.24) is 0 Å². The molecule has 2 aromatic rings. The standard InChI is InChI=1S/C15H13BrClFO/c16-10-2-3-13-14(17)4-1-5-15(13)19-12-8-6-11(18)7-9-12/h1,4-9H,2-3,10H2. The lowest BCUT2D eigenvalue weighted by Crippen LogP contribution is -1.94. The van der Waals surface area contributed by atoms with E-state index >= 15 is 0 Å². The van der Waals surface area contributed by atoms with Crippen molar-refractivity contribution in [3.05, 3.63) is 58.9 Å². The third kappa shape index (κ3) is 3.95. The van der Waals surface area contributed by atoms with Gasteiger partial charge in [0.05, 0.1) is 0 Å². The Kier molecular flexibility index (Phi) is 5.23. The third-order valence-corrected chi connectivity index (χ3v) is 3.59. The van der Waals surface area contributed by atoms with Gasteiger partial charge in [-0.3, -0.25) is 0 Å². The molecule has 0 aromatic heterocycles. The van der Waals surface area contributed by atoms with Gasteiger partial charge in [0.25, 0.3) is 0 Å². The molecule has 0 saturated carbocycles. The van der Waals surface area contributed by atoms with Crippen LogP contribution in [0.1, 0.15) is 12.0 Å². The van der Waals surface area contributed by atoms with E-state index in [1.165, 1.54) is 12.1 Å². The molecular weight excluding hydrogens is 331 g/mol. The Hall–Kier alpha value is -1.06. The van der Waals surface area contributed by atoms with Gasteiger partial charge in [-0.1, -0.05) is 33.6 Å². The van der Waals surface area contributed by atoms with Crippen molar-refractivity contribution >= 4 is 27.5 Å². The highest BCUT2D eigenvalue weighted by atomic mass is 79.9. The van der Waals surface area contributed by atoms with Crippen molar-refractivity contribution in [2.45, 2.75) is 12.8 Å². The molecule has 0 saturated heterocycles. The van der Waals surface area contributed by atoms with Crippen molar-refractivity contribution < 1.29 is 9.13 Å². The Morgan fingerprint density at radius 3 is 2.53 bits per heavy atom. The molecule has 0 aliphatic rings. The van der Waals surface area contributed by atoms with Crippen LogP contribution in [0.5, 0.6) is 11.5 Å². The first-order chi connectivity index (χ1) is 9.20. The average molecular weight is 344 g/mol. The molecule has 0 fully saturated rings. The van der Waals surface area contributed by atoms with Crippen molar-refractivity contribution in [2.75, 3.05) is 5.33 Å². The van der Waals surface area contributed by atoms with Crippen LogP contribution in [-0.4, -0.2) is 5.33 Å². The lowest BCUT2D eigenvalue weighted by atomic mass is 10.1. The molecule has 1 nitrogen and oxygen atoms in total. The van der Waals surface area contributed by atoms with E-state index in [-0.39, 0.29) is 5.82 Å². The number of benzene rings is 2. The maximum absolute atomic E-state index is 12.9. The summed E-state index contributed by atoms with van der Waals surface area (Å²) in [6, 6.07) is 11.5. The van der Waals surface area contributed by atoms with E-state index in [2.05, 4.69) is 15.9 Å². The maximum atomic E-state index is 12.9. The van der Waals surface area contributed by atoms with Crippen LogP contribution in [0.25, 0.3) is 0 Å². The highest BCUT2D eigenvalue weighted by Crippen LogP contribution is 2.31. The van der Waals surface area contributed by atoms with Crippen LogP contribution in [0.3, 0.4) is 0 Å². The van der Waals surface area contributed by atoms with Crippen LogP contribution in [0.4, 0.5) is 4.39 Å². The summed E-state index contributed by atoms with van der Waals surface area (Å²) in [6.07, 6.45) is 1.81. The molecule has 0 N–H and O–H groups in total. The number of hydrogen-bond acceptors (Lipinski definition) is 1. The SMILES string of the molecule is Fc1ccc(Oc2cccc(Cl)c2CCCBr)cc1. The Labute approximate surface area is 125 Å². The minimum absolute atomic E-state index is 0.280. The van der Waals surface area contributed by atoms with Crippen LogP contribution in [0.15, 0.2) is 42.5 Å². The summed E-state index contributed by atoms with van der Waals surface area (Å²) in [5.74, 6) is 1.04. The maximum Gasteiger partial charge on any atom is 0.132 e. The van der Waals surface area contributed by atoms with E-state index in [0.29, 0.717) is 10.8 Å². The Bertz CT molecular complexity index is 542. The quantitative estimate of drug-likeness (QED) is 0.642. The fraction of sp³-hybridized carbons (Fsp3) is 0.200. The van der Waals surface area contributed by atoms with Crippen molar-refractivity contribution in [3.63, 3.8) is 0 Å². The zero-order chi connectivity index (χ0) is 13.7. The molecule has 0 aliphatic heterocycles.